The zero-order chi connectivity index (χ0) is 30.4. The van der Waals surface area contributed by atoms with E-state index in [1.165, 1.54) is 25.7 Å². The Morgan fingerprint density at radius 2 is 1.95 bits per heavy atom. The number of phenolic OH excluding ortho intramolecular Hbond substituents is 1. The summed E-state index contributed by atoms with van der Waals surface area (Å²) in [7, 11) is 0. The third kappa shape index (κ3) is 10.6. The smallest absolute Gasteiger partial charge is 0.161 e. The van der Waals surface area contributed by atoms with Crippen LogP contribution >= 0.6 is 0 Å². The lowest BCUT2D eigenvalue weighted by atomic mass is 9.88. The second-order valence-electron chi connectivity index (χ2n) is 12.2. The van der Waals surface area contributed by atoms with Crippen molar-refractivity contribution < 1.29 is 24.8 Å². The van der Waals surface area contributed by atoms with Crippen LogP contribution in [0.5, 0.6) is 11.5 Å². The van der Waals surface area contributed by atoms with E-state index in [0.29, 0.717) is 50.0 Å². The summed E-state index contributed by atoms with van der Waals surface area (Å²) in [5.74, 6) is 2.44. The number of benzene rings is 1. The van der Waals surface area contributed by atoms with Crippen LogP contribution in [0.4, 0.5) is 5.82 Å². The number of aromatic amines is 1. The normalized spacial score (nSPS) is 19.4. The Kier molecular flexibility index (Phi) is 13.2. The van der Waals surface area contributed by atoms with E-state index in [9.17, 15) is 15.3 Å². The summed E-state index contributed by atoms with van der Waals surface area (Å²) in [6.07, 6.45) is 13.7. The SMILES string of the molecule is CCC1CCCC(C(CC(O)CCc2ccc(O)c(OCCC(Cc3ccc[nH]3)c3ccnc(N)c3)c2)OCCO)CC1. The second-order valence-corrected chi connectivity index (χ2v) is 12.2. The van der Waals surface area contributed by atoms with Crippen LogP contribution in [0.25, 0.3) is 0 Å². The number of nitrogens with one attached hydrogen (secondary N) is 1. The second kappa shape index (κ2) is 17.3. The summed E-state index contributed by atoms with van der Waals surface area (Å²) in [6.45, 7) is 3.01. The molecule has 0 saturated heterocycles. The van der Waals surface area contributed by atoms with Gasteiger partial charge in [-0.1, -0.05) is 38.7 Å². The van der Waals surface area contributed by atoms with E-state index >= 15 is 0 Å². The molecule has 0 aliphatic heterocycles. The number of H-pyrrole nitrogens is 1. The standard InChI is InChI=1S/C35H51N3O5/c1-2-25-5-3-6-27(11-8-25)33(43-20-18-39)24-31(40)12-9-26-10-13-32(41)34(21-26)42-19-15-29(22-30-7-4-16-37-30)28-14-17-38-35(36)23-28/h4,7,10,13-14,16-17,21,23,25,27,29,31,33,37,39-41H,2-3,5-6,8-9,11-12,15,18-20,22,24H2,1H3,(H2,36,38). The molecule has 0 bridgehead atoms. The number of rotatable bonds is 17. The van der Waals surface area contributed by atoms with E-state index in [1.54, 1.807) is 12.3 Å². The molecular formula is C35H51N3O5. The van der Waals surface area contributed by atoms with Crippen LogP contribution in [0.15, 0.2) is 54.9 Å². The topological polar surface area (TPSA) is 134 Å². The van der Waals surface area contributed by atoms with Crippen LogP contribution in [0.1, 0.15) is 87.4 Å². The molecule has 1 fully saturated rings. The van der Waals surface area contributed by atoms with Crippen molar-refractivity contribution in [3.8, 4) is 11.5 Å². The first-order valence-corrected chi connectivity index (χ1v) is 16.1. The van der Waals surface area contributed by atoms with Crippen molar-refractivity contribution in [3.05, 3.63) is 71.7 Å². The number of nitrogens with two attached hydrogens (primary N) is 1. The minimum absolute atomic E-state index is 0.00347. The molecule has 1 aliphatic rings. The van der Waals surface area contributed by atoms with Gasteiger partial charge in [0.05, 0.1) is 32.0 Å². The van der Waals surface area contributed by atoms with Crippen molar-refractivity contribution in [1.82, 2.24) is 9.97 Å². The molecule has 2 heterocycles. The Hall–Kier alpha value is -3.07. The van der Waals surface area contributed by atoms with E-state index in [4.69, 9.17) is 15.2 Å². The highest BCUT2D eigenvalue weighted by Crippen LogP contribution is 2.34. The maximum atomic E-state index is 11.0. The predicted octanol–water partition coefficient (Wildman–Crippen LogP) is 6.16. The number of aromatic nitrogens is 2. The summed E-state index contributed by atoms with van der Waals surface area (Å²) in [5, 5.41) is 30.9. The van der Waals surface area contributed by atoms with Gasteiger partial charge >= 0.3 is 0 Å². The molecule has 43 heavy (non-hydrogen) atoms. The van der Waals surface area contributed by atoms with E-state index in [1.807, 2.05) is 36.5 Å². The minimum atomic E-state index is -0.506. The van der Waals surface area contributed by atoms with Crippen LogP contribution < -0.4 is 10.5 Å². The average molecular weight is 594 g/mol. The summed E-state index contributed by atoms with van der Waals surface area (Å²) in [4.78, 5) is 7.41. The summed E-state index contributed by atoms with van der Waals surface area (Å²) >= 11 is 0. The number of ether oxygens (including phenoxy) is 2. The van der Waals surface area contributed by atoms with Crippen LogP contribution in [0, 0.1) is 11.8 Å². The Morgan fingerprint density at radius 1 is 1.07 bits per heavy atom. The Morgan fingerprint density at radius 3 is 2.72 bits per heavy atom. The van der Waals surface area contributed by atoms with Crippen LogP contribution in [-0.4, -0.2) is 57.3 Å². The third-order valence-electron chi connectivity index (χ3n) is 9.08. The zero-order valence-corrected chi connectivity index (χ0v) is 25.7. The predicted molar refractivity (Wildman–Crippen MR) is 170 cm³/mol. The van der Waals surface area contributed by atoms with Crippen LogP contribution in [-0.2, 0) is 17.6 Å². The molecule has 5 unspecified atom stereocenters. The summed E-state index contributed by atoms with van der Waals surface area (Å²) in [5.41, 5.74) is 9.20. The van der Waals surface area contributed by atoms with Gasteiger partial charge in [0.2, 0.25) is 0 Å². The fourth-order valence-electron chi connectivity index (χ4n) is 6.51. The van der Waals surface area contributed by atoms with Gasteiger partial charge in [-0.2, -0.15) is 0 Å². The number of pyridine rings is 1. The Bertz CT molecular complexity index is 1200. The highest BCUT2D eigenvalue weighted by molar-refractivity contribution is 5.42. The largest absolute Gasteiger partial charge is 0.504 e. The van der Waals surface area contributed by atoms with Gasteiger partial charge in [0, 0.05) is 18.1 Å². The molecule has 0 radical (unpaired) electrons. The first-order chi connectivity index (χ1) is 20.9. The molecule has 8 heteroatoms. The third-order valence-corrected chi connectivity index (χ3v) is 9.08. The number of nitrogen functional groups attached to an aromatic ring is 1. The lowest BCUT2D eigenvalue weighted by Crippen LogP contribution is -2.30. The average Bonchev–Trinajstić information content (AvgIpc) is 3.41. The number of anilines is 1. The van der Waals surface area contributed by atoms with Crippen molar-refractivity contribution in [2.75, 3.05) is 25.6 Å². The van der Waals surface area contributed by atoms with E-state index in [2.05, 4.69) is 23.0 Å². The number of aryl methyl sites for hydroxylation is 1. The first-order valence-electron chi connectivity index (χ1n) is 16.1. The Balaban J connectivity index is 1.31. The van der Waals surface area contributed by atoms with Gasteiger partial charge < -0.3 is 35.5 Å². The molecule has 1 saturated carbocycles. The monoisotopic (exact) mass is 593 g/mol. The van der Waals surface area contributed by atoms with Crippen molar-refractivity contribution in [1.29, 1.82) is 0 Å². The quantitative estimate of drug-likeness (QED) is 0.118. The number of aromatic hydroxyl groups is 1. The van der Waals surface area contributed by atoms with Crippen molar-refractivity contribution in [3.63, 3.8) is 0 Å². The lowest BCUT2D eigenvalue weighted by Gasteiger charge is -2.28. The van der Waals surface area contributed by atoms with Gasteiger partial charge in [0.1, 0.15) is 5.82 Å². The minimum Gasteiger partial charge on any atom is -0.504 e. The van der Waals surface area contributed by atoms with Gasteiger partial charge in [0.25, 0.3) is 0 Å². The number of phenols is 1. The summed E-state index contributed by atoms with van der Waals surface area (Å²) < 4.78 is 12.2. The van der Waals surface area contributed by atoms with Gasteiger partial charge in [-0.15, -0.1) is 0 Å². The molecule has 1 aliphatic carbocycles. The number of hydrogen-bond donors (Lipinski definition) is 5. The molecule has 0 spiro atoms. The Labute approximate surface area is 256 Å². The van der Waals surface area contributed by atoms with Gasteiger partial charge in [-0.3, -0.25) is 0 Å². The van der Waals surface area contributed by atoms with E-state index in [0.717, 1.165) is 48.4 Å². The van der Waals surface area contributed by atoms with Crippen LogP contribution in [0.2, 0.25) is 0 Å². The molecular weight excluding hydrogens is 542 g/mol. The molecule has 8 nitrogen and oxygen atoms in total. The number of aliphatic hydroxyl groups is 2. The molecule has 2 aromatic heterocycles. The maximum absolute atomic E-state index is 11.0. The van der Waals surface area contributed by atoms with Gasteiger partial charge in [-0.25, -0.2) is 4.98 Å². The highest BCUT2D eigenvalue weighted by atomic mass is 16.5. The number of aliphatic hydroxyl groups excluding tert-OH is 2. The van der Waals surface area contributed by atoms with Gasteiger partial charge in [-0.05, 0) is 110 Å². The molecule has 6 N–H and O–H groups in total. The molecule has 236 valence electrons. The molecule has 0 amide bonds. The molecule has 3 aromatic rings. The maximum Gasteiger partial charge on any atom is 0.161 e. The van der Waals surface area contributed by atoms with E-state index < -0.39 is 6.10 Å². The summed E-state index contributed by atoms with van der Waals surface area (Å²) in [6, 6.07) is 13.4. The first kappa shape index (κ1) is 32.8. The molecule has 4 rings (SSSR count). The molecule has 1 aromatic carbocycles. The van der Waals surface area contributed by atoms with Crippen molar-refractivity contribution in [2.24, 2.45) is 11.8 Å². The van der Waals surface area contributed by atoms with Crippen LogP contribution in [0.3, 0.4) is 0 Å². The fraction of sp³-hybridized carbons (Fsp3) is 0.571. The number of hydrogen-bond acceptors (Lipinski definition) is 7. The zero-order valence-electron chi connectivity index (χ0n) is 25.7. The highest BCUT2D eigenvalue weighted by Gasteiger charge is 2.28. The van der Waals surface area contributed by atoms with Gasteiger partial charge in [0.15, 0.2) is 11.5 Å². The lowest BCUT2D eigenvalue weighted by molar-refractivity contribution is -0.0372. The number of nitrogens with zero attached hydrogens (tertiary/aromatic N) is 1. The van der Waals surface area contributed by atoms with Crippen molar-refractivity contribution in [2.45, 2.75) is 95.7 Å². The fourth-order valence-corrected chi connectivity index (χ4v) is 6.51. The molecule has 5 atom stereocenters. The van der Waals surface area contributed by atoms with Crippen molar-refractivity contribution >= 4 is 5.82 Å². The van der Waals surface area contributed by atoms with E-state index in [-0.39, 0.29) is 24.4 Å².